The zero-order chi connectivity index (χ0) is 20.1. The molecule has 3 rings (SSSR count). The first-order valence-corrected chi connectivity index (χ1v) is 9.89. The fourth-order valence-electron chi connectivity index (χ4n) is 2.82. The summed E-state index contributed by atoms with van der Waals surface area (Å²) in [6, 6.07) is 14.7. The Kier molecular flexibility index (Phi) is 6.16. The van der Waals surface area contributed by atoms with Crippen LogP contribution in [0.4, 0.5) is 5.69 Å². The summed E-state index contributed by atoms with van der Waals surface area (Å²) in [5.74, 6) is -0.0492. The van der Waals surface area contributed by atoms with Gasteiger partial charge in [-0.2, -0.15) is 0 Å². The highest BCUT2D eigenvalue weighted by Crippen LogP contribution is 2.27. The molecule has 1 aromatic heterocycles. The van der Waals surface area contributed by atoms with Crippen molar-refractivity contribution in [3.05, 3.63) is 72.1 Å². The first-order chi connectivity index (χ1) is 13.5. The molecule has 2 aromatic carbocycles. The van der Waals surface area contributed by atoms with E-state index in [9.17, 15) is 9.59 Å². The SMILES string of the molecule is CC(C)c1ccccc1-n1ccnc1SCC(=O)Nc1ccc(C(N)=O)cc1. The molecule has 0 fully saturated rings. The van der Waals surface area contributed by atoms with Gasteiger partial charge in [-0.3, -0.25) is 14.2 Å². The molecule has 0 radical (unpaired) electrons. The van der Waals surface area contributed by atoms with Gasteiger partial charge in [0.2, 0.25) is 11.8 Å². The predicted octanol–water partition coefficient (Wildman–Crippen LogP) is 3.83. The van der Waals surface area contributed by atoms with Crippen LogP contribution in [0.3, 0.4) is 0 Å². The third-order valence-corrected chi connectivity index (χ3v) is 5.18. The molecule has 0 saturated carbocycles. The molecule has 0 aliphatic heterocycles. The Morgan fingerprint density at radius 2 is 1.86 bits per heavy atom. The molecule has 0 aliphatic rings. The van der Waals surface area contributed by atoms with E-state index in [1.54, 1.807) is 30.5 Å². The number of nitrogens with zero attached hydrogens (tertiary/aromatic N) is 2. The van der Waals surface area contributed by atoms with Gasteiger partial charge in [-0.15, -0.1) is 0 Å². The molecule has 144 valence electrons. The van der Waals surface area contributed by atoms with Crippen molar-refractivity contribution in [1.82, 2.24) is 9.55 Å². The number of hydrogen-bond acceptors (Lipinski definition) is 4. The number of nitrogens with two attached hydrogens (primary N) is 1. The maximum Gasteiger partial charge on any atom is 0.248 e. The Morgan fingerprint density at radius 1 is 1.14 bits per heavy atom. The molecule has 0 atom stereocenters. The lowest BCUT2D eigenvalue weighted by molar-refractivity contribution is -0.113. The van der Waals surface area contributed by atoms with Gasteiger partial charge in [0.1, 0.15) is 0 Å². The smallest absolute Gasteiger partial charge is 0.248 e. The molecule has 0 bridgehead atoms. The molecule has 0 spiro atoms. The number of benzene rings is 2. The fourth-order valence-corrected chi connectivity index (χ4v) is 3.59. The number of para-hydroxylation sites is 1. The summed E-state index contributed by atoms with van der Waals surface area (Å²) in [7, 11) is 0. The largest absolute Gasteiger partial charge is 0.366 e. The van der Waals surface area contributed by atoms with Crippen LogP contribution in [0.2, 0.25) is 0 Å². The predicted molar refractivity (Wildman–Crippen MR) is 112 cm³/mol. The van der Waals surface area contributed by atoms with Gasteiger partial charge in [-0.05, 0) is 41.8 Å². The van der Waals surface area contributed by atoms with E-state index in [0.717, 1.165) is 10.8 Å². The van der Waals surface area contributed by atoms with Crippen LogP contribution in [-0.4, -0.2) is 27.1 Å². The molecule has 1 heterocycles. The van der Waals surface area contributed by atoms with Gasteiger partial charge in [0.05, 0.1) is 11.4 Å². The number of carbonyl (C=O) groups excluding carboxylic acids is 2. The summed E-state index contributed by atoms with van der Waals surface area (Å²) in [6.45, 7) is 4.30. The lowest BCUT2D eigenvalue weighted by Crippen LogP contribution is -2.15. The van der Waals surface area contributed by atoms with Crippen molar-refractivity contribution in [3.63, 3.8) is 0 Å². The van der Waals surface area contributed by atoms with Crippen molar-refractivity contribution in [2.45, 2.75) is 24.9 Å². The van der Waals surface area contributed by atoms with Gasteiger partial charge < -0.3 is 11.1 Å². The Balaban J connectivity index is 1.67. The topological polar surface area (TPSA) is 90.0 Å². The van der Waals surface area contributed by atoms with Crippen LogP contribution in [-0.2, 0) is 4.79 Å². The minimum atomic E-state index is -0.498. The standard InChI is InChI=1S/C21H22N4O2S/c1-14(2)17-5-3-4-6-18(17)25-12-11-23-21(25)28-13-19(26)24-16-9-7-15(8-10-16)20(22)27/h3-12,14H,13H2,1-2H3,(H2,22,27)(H,24,26). The number of aromatic nitrogens is 2. The third-order valence-electron chi connectivity index (χ3n) is 4.21. The van der Waals surface area contributed by atoms with Crippen LogP contribution < -0.4 is 11.1 Å². The van der Waals surface area contributed by atoms with Crippen molar-refractivity contribution in [2.24, 2.45) is 5.73 Å². The van der Waals surface area contributed by atoms with Crippen LogP contribution in [0.1, 0.15) is 35.7 Å². The number of thioether (sulfide) groups is 1. The van der Waals surface area contributed by atoms with Crippen LogP contribution in [0.25, 0.3) is 5.69 Å². The van der Waals surface area contributed by atoms with E-state index in [4.69, 9.17) is 5.73 Å². The first-order valence-electron chi connectivity index (χ1n) is 8.91. The maximum absolute atomic E-state index is 12.3. The Morgan fingerprint density at radius 3 is 2.54 bits per heavy atom. The second-order valence-corrected chi connectivity index (χ2v) is 7.51. The molecule has 7 heteroatoms. The average Bonchev–Trinajstić information content (AvgIpc) is 3.15. The monoisotopic (exact) mass is 394 g/mol. The summed E-state index contributed by atoms with van der Waals surface area (Å²) >= 11 is 1.37. The molecular formula is C21H22N4O2S. The van der Waals surface area contributed by atoms with E-state index in [2.05, 4.69) is 36.3 Å². The number of imidazole rings is 1. The van der Waals surface area contributed by atoms with Crippen molar-refractivity contribution >= 4 is 29.3 Å². The minimum absolute atomic E-state index is 0.150. The van der Waals surface area contributed by atoms with Gasteiger partial charge in [-0.1, -0.05) is 43.8 Å². The van der Waals surface area contributed by atoms with Gasteiger partial charge >= 0.3 is 0 Å². The zero-order valence-corrected chi connectivity index (χ0v) is 16.6. The summed E-state index contributed by atoms with van der Waals surface area (Å²) in [4.78, 5) is 27.8. The lowest BCUT2D eigenvalue weighted by atomic mass is 10.0. The van der Waals surface area contributed by atoms with E-state index in [1.807, 2.05) is 22.9 Å². The number of amides is 2. The van der Waals surface area contributed by atoms with E-state index in [-0.39, 0.29) is 11.7 Å². The van der Waals surface area contributed by atoms with E-state index in [0.29, 0.717) is 17.2 Å². The quantitative estimate of drug-likeness (QED) is 0.596. The Bertz CT molecular complexity index is 980. The lowest BCUT2D eigenvalue weighted by Gasteiger charge is -2.15. The van der Waals surface area contributed by atoms with E-state index < -0.39 is 5.91 Å². The van der Waals surface area contributed by atoms with Crippen LogP contribution in [0.5, 0.6) is 0 Å². The van der Waals surface area contributed by atoms with Crippen molar-refractivity contribution in [2.75, 3.05) is 11.1 Å². The summed E-state index contributed by atoms with van der Waals surface area (Å²) in [6.07, 6.45) is 3.64. The van der Waals surface area contributed by atoms with Crippen LogP contribution >= 0.6 is 11.8 Å². The second-order valence-electron chi connectivity index (χ2n) is 6.57. The highest BCUT2D eigenvalue weighted by atomic mass is 32.2. The molecule has 6 nitrogen and oxygen atoms in total. The van der Waals surface area contributed by atoms with Crippen LogP contribution in [0, 0.1) is 0 Å². The van der Waals surface area contributed by atoms with Crippen LogP contribution in [0.15, 0.2) is 66.1 Å². The van der Waals surface area contributed by atoms with E-state index in [1.165, 1.54) is 17.3 Å². The van der Waals surface area contributed by atoms with Gasteiger partial charge in [-0.25, -0.2) is 4.98 Å². The summed E-state index contributed by atoms with van der Waals surface area (Å²) in [5.41, 5.74) is 8.53. The van der Waals surface area contributed by atoms with Gasteiger partial charge in [0.25, 0.3) is 0 Å². The van der Waals surface area contributed by atoms with E-state index >= 15 is 0 Å². The Hall–Kier alpha value is -3.06. The first kappa shape index (κ1) is 19.7. The molecule has 0 saturated heterocycles. The summed E-state index contributed by atoms with van der Waals surface area (Å²) < 4.78 is 2.01. The Labute approximate surface area is 168 Å². The van der Waals surface area contributed by atoms with Crippen molar-refractivity contribution in [1.29, 1.82) is 0 Å². The number of rotatable bonds is 7. The highest BCUT2D eigenvalue weighted by molar-refractivity contribution is 7.99. The normalized spacial score (nSPS) is 10.8. The number of anilines is 1. The molecule has 0 aliphatic carbocycles. The summed E-state index contributed by atoms with van der Waals surface area (Å²) in [5, 5.41) is 3.57. The molecule has 3 aromatic rings. The number of hydrogen-bond donors (Lipinski definition) is 2. The van der Waals surface area contributed by atoms with Crippen molar-refractivity contribution < 1.29 is 9.59 Å². The third kappa shape index (κ3) is 4.61. The van der Waals surface area contributed by atoms with Gasteiger partial charge in [0, 0.05) is 23.6 Å². The molecule has 0 unspecified atom stereocenters. The zero-order valence-electron chi connectivity index (χ0n) is 15.8. The highest BCUT2D eigenvalue weighted by Gasteiger charge is 2.13. The minimum Gasteiger partial charge on any atom is -0.366 e. The number of nitrogens with one attached hydrogen (secondary N) is 1. The fraction of sp³-hybridized carbons (Fsp3) is 0.190. The number of carbonyl (C=O) groups is 2. The molecule has 3 N–H and O–H groups in total. The second kappa shape index (κ2) is 8.75. The molecular weight excluding hydrogens is 372 g/mol. The maximum atomic E-state index is 12.3. The average molecular weight is 395 g/mol. The molecule has 28 heavy (non-hydrogen) atoms. The van der Waals surface area contributed by atoms with Gasteiger partial charge in [0.15, 0.2) is 5.16 Å². The van der Waals surface area contributed by atoms with Crippen molar-refractivity contribution in [3.8, 4) is 5.69 Å². The number of primary amides is 1. The molecule has 2 amide bonds.